The molecule has 24 heavy (non-hydrogen) atoms. The van der Waals surface area contributed by atoms with Crippen molar-refractivity contribution in [1.82, 2.24) is 0 Å². The number of nitrogens with one attached hydrogen (secondary N) is 1. The first-order valence-corrected chi connectivity index (χ1v) is 7.95. The Balaban J connectivity index is 1.70. The molecule has 1 aliphatic heterocycles. The van der Waals surface area contributed by atoms with Gasteiger partial charge in [-0.25, -0.2) is 4.39 Å². The van der Waals surface area contributed by atoms with Gasteiger partial charge in [0.2, 0.25) is 11.8 Å². The Morgan fingerprint density at radius 3 is 2.62 bits per heavy atom. The van der Waals surface area contributed by atoms with E-state index in [1.807, 2.05) is 0 Å². The maximum Gasteiger partial charge on any atom is 0.229 e. The fourth-order valence-electron chi connectivity index (χ4n) is 2.76. The van der Waals surface area contributed by atoms with Gasteiger partial charge in [0.15, 0.2) is 0 Å². The minimum absolute atomic E-state index is 0.103. The van der Waals surface area contributed by atoms with Gasteiger partial charge >= 0.3 is 0 Å². The Hall–Kier alpha value is -2.40. The van der Waals surface area contributed by atoms with Crippen LogP contribution in [-0.4, -0.2) is 18.4 Å². The third kappa shape index (κ3) is 3.41. The summed E-state index contributed by atoms with van der Waals surface area (Å²) < 4.78 is 13.1. The van der Waals surface area contributed by atoms with E-state index in [-0.39, 0.29) is 24.1 Å². The first-order chi connectivity index (χ1) is 11.4. The van der Waals surface area contributed by atoms with Gasteiger partial charge < -0.3 is 10.2 Å². The minimum atomic E-state index is -0.447. The van der Waals surface area contributed by atoms with Gasteiger partial charge in [-0.15, -0.1) is 0 Å². The van der Waals surface area contributed by atoms with E-state index < -0.39 is 5.92 Å². The largest absolute Gasteiger partial charge is 0.326 e. The second kappa shape index (κ2) is 6.61. The van der Waals surface area contributed by atoms with Gasteiger partial charge in [-0.2, -0.15) is 0 Å². The van der Waals surface area contributed by atoms with Gasteiger partial charge in [0, 0.05) is 29.4 Å². The van der Waals surface area contributed by atoms with E-state index in [1.54, 1.807) is 36.1 Å². The summed E-state index contributed by atoms with van der Waals surface area (Å²) in [5.74, 6) is -1.14. The van der Waals surface area contributed by atoms with Crippen LogP contribution >= 0.6 is 11.6 Å². The summed E-state index contributed by atoms with van der Waals surface area (Å²) in [5, 5.41) is 3.36. The molecular weight excluding hydrogens is 331 g/mol. The van der Waals surface area contributed by atoms with Gasteiger partial charge in [0.05, 0.1) is 5.92 Å². The van der Waals surface area contributed by atoms with Crippen LogP contribution in [0.3, 0.4) is 0 Å². The summed E-state index contributed by atoms with van der Waals surface area (Å²) >= 11 is 5.86. The number of hydrogen-bond donors (Lipinski definition) is 1. The second-order valence-electron chi connectivity index (χ2n) is 5.83. The lowest BCUT2D eigenvalue weighted by Crippen LogP contribution is -2.28. The average Bonchev–Trinajstić information content (AvgIpc) is 2.93. The summed E-state index contributed by atoms with van der Waals surface area (Å²) in [6, 6.07) is 11.1. The van der Waals surface area contributed by atoms with Crippen molar-refractivity contribution in [2.75, 3.05) is 16.8 Å². The van der Waals surface area contributed by atoms with E-state index in [9.17, 15) is 14.0 Å². The van der Waals surface area contributed by atoms with E-state index in [2.05, 4.69) is 5.32 Å². The third-order valence-corrected chi connectivity index (χ3v) is 4.33. The molecule has 0 unspecified atom stereocenters. The monoisotopic (exact) mass is 346 g/mol. The van der Waals surface area contributed by atoms with Crippen LogP contribution in [0.1, 0.15) is 12.0 Å². The van der Waals surface area contributed by atoms with Crippen molar-refractivity contribution in [3.05, 3.63) is 58.9 Å². The zero-order valence-electron chi connectivity index (χ0n) is 13.1. The Labute approximate surface area is 144 Å². The van der Waals surface area contributed by atoms with E-state index >= 15 is 0 Å². The molecule has 0 spiro atoms. The lowest BCUT2D eigenvalue weighted by molar-refractivity contribution is -0.122. The number of hydrogen-bond acceptors (Lipinski definition) is 2. The van der Waals surface area contributed by atoms with Crippen LogP contribution in [-0.2, 0) is 9.59 Å². The first kappa shape index (κ1) is 16.5. The predicted octanol–water partition coefficient (Wildman–Crippen LogP) is 3.78. The molecule has 1 aliphatic rings. The molecule has 6 heteroatoms. The lowest BCUT2D eigenvalue weighted by atomic mass is 10.1. The highest BCUT2D eigenvalue weighted by molar-refractivity contribution is 6.30. The predicted molar refractivity (Wildman–Crippen MR) is 91.7 cm³/mol. The maximum absolute atomic E-state index is 13.1. The average molecular weight is 347 g/mol. The number of carbonyl (C=O) groups excluding carboxylic acids is 2. The zero-order valence-corrected chi connectivity index (χ0v) is 13.8. The molecule has 1 N–H and O–H groups in total. The molecule has 0 aromatic heterocycles. The highest BCUT2D eigenvalue weighted by Crippen LogP contribution is 2.27. The topological polar surface area (TPSA) is 49.4 Å². The van der Waals surface area contributed by atoms with Crippen molar-refractivity contribution in [1.29, 1.82) is 0 Å². The fourth-order valence-corrected chi connectivity index (χ4v) is 2.88. The summed E-state index contributed by atoms with van der Waals surface area (Å²) in [4.78, 5) is 26.2. The molecule has 4 nitrogen and oxygen atoms in total. The molecule has 1 saturated heterocycles. The highest BCUT2D eigenvalue weighted by Gasteiger charge is 2.35. The molecule has 1 fully saturated rings. The van der Waals surface area contributed by atoms with Crippen LogP contribution in [0.15, 0.2) is 42.5 Å². The molecule has 124 valence electrons. The smallest absolute Gasteiger partial charge is 0.229 e. The molecule has 0 bridgehead atoms. The van der Waals surface area contributed by atoms with Crippen molar-refractivity contribution >= 4 is 34.8 Å². The van der Waals surface area contributed by atoms with Gasteiger partial charge in [-0.05, 0) is 55.0 Å². The van der Waals surface area contributed by atoms with Gasteiger partial charge in [0.25, 0.3) is 0 Å². The minimum Gasteiger partial charge on any atom is -0.326 e. The number of anilines is 2. The van der Waals surface area contributed by atoms with Crippen LogP contribution < -0.4 is 10.2 Å². The number of amides is 2. The lowest BCUT2D eigenvalue weighted by Gasteiger charge is -2.17. The first-order valence-electron chi connectivity index (χ1n) is 7.57. The van der Waals surface area contributed by atoms with Crippen molar-refractivity contribution in [2.24, 2.45) is 5.92 Å². The number of rotatable bonds is 3. The molecule has 2 aromatic rings. The van der Waals surface area contributed by atoms with Crippen LogP contribution in [0.25, 0.3) is 0 Å². The van der Waals surface area contributed by atoms with Gasteiger partial charge in [-0.1, -0.05) is 11.6 Å². The molecule has 2 aromatic carbocycles. The van der Waals surface area contributed by atoms with Crippen LogP contribution in [0.4, 0.5) is 15.8 Å². The Bertz CT molecular complexity index is 792. The summed E-state index contributed by atoms with van der Waals surface area (Å²) in [5.41, 5.74) is 1.92. The molecule has 3 rings (SSSR count). The highest BCUT2D eigenvalue weighted by atomic mass is 35.5. The van der Waals surface area contributed by atoms with Crippen molar-refractivity contribution in [2.45, 2.75) is 13.3 Å². The molecule has 0 saturated carbocycles. The quantitative estimate of drug-likeness (QED) is 0.919. The standard InChI is InChI=1S/C18H16ClFN2O2/c1-11-8-14(20)4-7-16(11)21-18(24)12-9-17(23)22(10-12)15-5-2-13(19)3-6-15/h2-8,12H,9-10H2,1H3,(H,21,24)/t12-/m1/s1. The van der Waals surface area contributed by atoms with Gasteiger partial charge in [0.1, 0.15) is 5.82 Å². The van der Waals surface area contributed by atoms with Crippen molar-refractivity contribution in [3.8, 4) is 0 Å². The van der Waals surface area contributed by atoms with E-state index in [4.69, 9.17) is 11.6 Å². The Kier molecular flexibility index (Phi) is 4.53. The molecule has 2 amide bonds. The molecule has 1 heterocycles. The van der Waals surface area contributed by atoms with E-state index in [1.165, 1.54) is 18.2 Å². The zero-order chi connectivity index (χ0) is 17.3. The second-order valence-corrected chi connectivity index (χ2v) is 6.27. The summed E-state index contributed by atoms with van der Waals surface area (Å²) in [7, 11) is 0. The van der Waals surface area contributed by atoms with E-state index in [0.717, 1.165) is 5.69 Å². The summed E-state index contributed by atoms with van der Waals surface area (Å²) in [6.07, 6.45) is 0.148. The Morgan fingerprint density at radius 1 is 1.25 bits per heavy atom. The summed E-state index contributed by atoms with van der Waals surface area (Å²) in [6.45, 7) is 2.03. The SMILES string of the molecule is Cc1cc(F)ccc1NC(=O)[C@@H]1CC(=O)N(c2ccc(Cl)cc2)C1. The van der Waals surface area contributed by atoms with Crippen LogP contribution in [0.5, 0.6) is 0 Å². The number of nitrogens with zero attached hydrogens (tertiary/aromatic N) is 1. The molecule has 1 atom stereocenters. The maximum atomic E-state index is 13.1. The molecule has 0 radical (unpaired) electrons. The number of halogens is 2. The molecular formula is C18H16ClFN2O2. The fraction of sp³-hybridized carbons (Fsp3) is 0.222. The number of carbonyl (C=O) groups is 2. The molecule has 0 aliphatic carbocycles. The third-order valence-electron chi connectivity index (χ3n) is 4.08. The van der Waals surface area contributed by atoms with Crippen LogP contribution in [0.2, 0.25) is 5.02 Å². The normalized spacial score (nSPS) is 17.2. The van der Waals surface area contributed by atoms with E-state index in [0.29, 0.717) is 22.8 Å². The van der Waals surface area contributed by atoms with Gasteiger partial charge in [-0.3, -0.25) is 9.59 Å². The number of benzene rings is 2. The van der Waals surface area contributed by atoms with Crippen molar-refractivity contribution in [3.63, 3.8) is 0 Å². The number of aryl methyl sites for hydroxylation is 1. The van der Waals surface area contributed by atoms with Crippen LogP contribution in [0, 0.1) is 18.7 Å². The van der Waals surface area contributed by atoms with Crippen molar-refractivity contribution < 1.29 is 14.0 Å². The Morgan fingerprint density at radius 2 is 1.96 bits per heavy atom.